The smallest absolute Gasteiger partial charge is 0.327 e. The van der Waals surface area contributed by atoms with E-state index in [0.29, 0.717) is 5.56 Å². The topological polar surface area (TPSA) is 52.3 Å². The van der Waals surface area contributed by atoms with Gasteiger partial charge in [-0.25, -0.2) is 8.78 Å². The van der Waals surface area contributed by atoms with Gasteiger partial charge in [0.2, 0.25) is 0 Å². The number of halogens is 2. The summed E-state index contributed by atoms with van der Waals surface area (Å²) in [5.74, 6) is -0.597. The first-order valence-electron chi connectivity index (χ1n) is 4.27. The molecule has 0 aliphatic heterocycles. The second-order valence-electron chi connectivity index (χ2n) is 2.97. The number of esters is 1. The van der Waals surface area contributed by atoms with Gasteiger partial charge in [-0.1, -0.05) is 24.3 Å². The molecule has 1 unspecified atom stereocenters. The molecular weight excluding hydrogens is 204 g/mol. The van der Waals surface area contributed by atoms with Crippen molar-refractivity contribution in [2.45, 2.75) is 12.5 Å². The summed E-state index contributed by atoms with van der Waals surface area (Å²) in [6.45, 7) is 0. The van der Waals surface area contributed by atoms with Crippen molar-refractivity contribution >= 4 is 5.97 Å². The Labute approximate surface area is 85.8 Å². The molecule has 0 fully saturated rings. The van der Waals surface area contributed by atoms with E-state index in [1.807, 2.05) is 0 Å². The zero-order valence-corrected chi connectivity index (χ0v) is 8.11. The summed E-state index contributed by atoms with van der Waals surface area (Å²) in [4.78, 5) is 11.0. The summed E-state index contributed by atoms with van der Waals surface area (Å²) in [6.07, 6.45) is -2.52. The van der Waals surface area contributed by atoms with Gasteiger partial charge < -0.3 is 10.5 Å². The van der Waals surface area contributed by atoms with E-state index in [9.17, 15) is 13.6 Å². The minimum Gasteiger partial charge on any atom is -0.468 e. The molecule has 3 nitrogen and oxygen atoms in total. The zero-order chi connectivity index (χ0) is 11.4. The molecule has 0 aliphatic rings. The van der Waals surface area contributed by atoms with Crippen LogP contribution in [0, 0.1) is 0 Å². The van der Waals surface area contributed by atoms with Crippen molar-refractivity contribution in [2.75, 3.05) is 7.11 Å². The molecule has 1 atom stereocenters. The van der Waals surface area contributed by atoms with Gasteiger partial charge in [-0.2, -0.15) is 0 Å². The number of hydrogen-bond donors (Lipinski definition) is 1. The van der Waals surface area contributed by atoms with Crippen LogP contribution in [0.5, 0.6) is 0 Å². The first-order valence-corrected chi connectivity index (χ1v) is 4.27. The lowest BCUT2D eigenvalue weighted by Crippen LogP contribution is -2.22. The molecule has 0 bridgehead atoms. The van der Waals surface area contributed by atoms with E-state index in [-0.39, 0.29) is 5.56 Å². The Morgan fingerprint density at radius 3 is 2.13 bits per heavy atom. The van der Waals surface area contributed by atoms with Gasteiger partial charge in [0.15, 0.2) is 0 Å². The SMILES string of the molecule is COC(=O)C(N)c1ccc(C(F)F)cc1. The minimum atomic E-state index is -2.52. The van der Waals surface area contributed by atoms with Gasteiger partial charge in [-0.3, -0.25) is 4.79 Å². The molecule has 0 spiro atoms. The average molecular weight is 215 g/mol. The van der Waals surface area contributed by atoms with Crippen LogP contribution in [0.15, 0.2) is 24.3 Å². The van der Waals surface area contributed by atoms with Gasteiger partial charge in [-0.05, 0) is 5.56 Å². The van der Waals surface area contributed by atoms with Crippen LogP contribution in [0.1, 0.15) is 23.6 Å². The summed E-state index contributed by atoms with van der Waals surface area (Å²) >= 11 is 0. The number of carbonyl (C=O) groups excluding carboxylic acids is 1. The van der Waals surface area contributed by atoms with E-state index < -0.39 is 18.4 Å². The molecule has 82 valence electrons. The maximum atomic E-state index is 12.2. The van der Waals surface area contributed by atoms with E-state index in [0.717, 1.165) is 0 Å². The van der Waals surface area contributed by atoms with Crippen molar-refractivity contribution in [2.24, 2.45) is 5.73 Å². The van der Waals surface area contributed by atoms with E-state index in [1.54, 1.807) is 0 Å². The third-order valence-electron chi connectivity index (χ3n) is 2.00. The number of hydrogen-bond acceptors (Lipinski definition) is 3. The summed E-state index contributed by atoms with van der Waals surface area (Å²) in [5, 5.41) is 0. The average Bonchev–Trinajstić information content (AvgIpc) is 2.27. The molecule has 0 radical (unpaired) electrons. The van der Waals surface area contributed by atoms with Gasteiger partial charge in [-0.15, -0.1) is 0 Å². The van der Waals surface area contributed by atoms with E-state index in [2.05, 4.69) is 4.74 Å². The molecule has 0 aromatic heterocycles. The molecule has 0 heterocycles. The molecule has 0 amide bonds. The second-order valence-corrected chi connectivity index (χ2v) is 2.97. The van der Waals surface area contributed by atoms with Crippen LogP contribution in [0.4, 0.5) is 8.78 Å². The summed E-state index contributed by atoms with van der Waals surface area (Å²) in [7, 11) is 1.22. The Morgan fingerprint density at radius 1 is 1.27 bits per heavy atom. The van der Waals surface area contributed by atoms with E-state index in [1.165, 1.54) is 31.4 Å². The fourth-order valence-electron chi connectivity index (χ4n) is 1.11. The Balaban J connectivity index is 2.84. The van der Waals surface area contributed by atoms with Crippen molar-refractivity contribution in [3.63, 3.8) is 0 Å². The van der Waals surface area contributed by atoms with Crippen LogP contribution >= 0.6 is 0 Å². The van der Waals surface area contributed by atoms with Gasteiger partial charge in [0.25, 0.3) is 6.43 Å². The van der Waals surface area contributed by atoms with Crippen molar-refractivity contribution in [1.29, 1.82) is 0 Å². The Hall–Kier alpha value is -1.49. The first-order chi connectivity index (χ1) is 7.06. The Bertz CT molecular complexity index is 338. The monoisotopic (exact) mass is 215 g/mol. The third kappa shape index (κ3) is 2.73. The first kappa shape index (κ1) is 11.6. The molecule has 1 aromatic rings. The fraction of sp³-hybridized carbons (Fsp3) is 0.300. The maximum Gasteiger partial charge on any atom is 0.327 e. The molecule has 0 aliphatic carbocycles. The lowest BCUT2D eigenvalue weighted by molar-refractivity contribution is -0.142. The number of benzene rings is 1. The van der Waals surface area contributed by atoms with Gasteiger partial charge in [0.05, 0.1) is 7.11 Å². The molecule has 15 heavy (non-hydrogen) atoms. The largest absolute Gasteiger partial charge is 0.468 e. The lowest BCUT2D eigenvalue weighted by atomic mass is 10.1. The number of rotatable bonds is 3. The molecular formula is C10H11F2NO2. The summed E-state index contributed by atoms with van der Waals surface area (Å²) in [6, 6.07) is 4.33. The normalized spacial score (nSPS) is 12.6. The highest BCUT2D eigenvalue weighted by atomic mass is 19.3. The lowest BCUT2D eigenvalue weighted by Gasteiger charge is -2.09. The van der Waals surface area contributed by atoms with Crippen molar-refractivity contribution < 1.29 is 18.3 Å². The molecule has 2 N–H and O–H groups in total. The maximum absolute atomic E-state index is 12.2. The quantitative estimate of drug-likeness (QED) is 0.782. The predicted molar refractivity (Wildman–Crippen MR) is 50.3 cm³/mol. The molecule has 5 heteroatoms. The van der Waals surface area contributed by atoms with Gasteiger partial charge in [0.1, 0.15) is 6.04 Å². The third-order valence-corrected chi connectivity index (χ3v) is 2.00. The highest BCUT2D eigenvalue weighted by Gasteiger charge is 2.16. The van der Waals surface area contributed by atoms with Crippen molar-refractivity contribution in [3.05, 3.63) is 35.4 Å². The van der Waals surface area contributed by atoms with Crippen LogP contribution in [-0.2, 0) is 9.53 Å². The number of carbonyl (C=O) groups is 1. The van der Waals surface area contributed by atoms with E-state index in [4.69, 9.17) is 5.73 Å². The highest BCUT2D eigenvalue weighted by molar-refractivity contribution is 5.77. The Morgan fingerprint density at radius 2 is 1.73 bits per heavy atom. The van der Waals surface area contributed by atoms with Crippen LogP contribution in [0.2, 0.25) is 0 Å². The van der Waals surface area contributed by atoms with E-state index >= 15 is 0 Å². The predicted octanol–water partition coefficient (Wildman–Crippen LogP) is 1.80. The molecule has 1 rings (SSSR count). The molecule has 0 saturated carbocycles. The number of nitrogens with two attached hydrogens (primary N) is 1. The van der Waals surface area contributed by atoms with Gasteiger partial charge in [0, 0.05) is 5.56 Å². The highest BCUT2D eigenvalue weighted by Crippen LogP contribution is 2.20. The number of methoxy groups -OCH3 is 1. The van der Waals surface area contributed by atoms with Crippen molar-refractivity contribution in [1.82, 2.24) is 0 Å². The second kappa shape index (κ2) is 4.84. The summed E-state index contributed by atoms with van der Waals surface area (Å²) in [5.41, 5.74) is 5.86. The van der Waals surface area contributed by atoms with Crippen molar-refractivity contribution in [3.8, 4) is 0 Å². The van der Waals surface area contributed by atoms with Crippen LogP contribution in [0.25, 0.3) is 0 Å². The molecule has 0 saturated heterocycles. The summed E-state index contributed by atoms with van der Waals surface area (Å²) < 4.78 is 28.8. The number of ether oxygens (including phenoxy) is 1. The number of alkyl halides is 2. The van der Waals surface area contributed by atoms with Crippen LogP contribution < -0.4 is 5.73 Å². The fourth-order valence-corrected chi connectivity index (χ4v) is 1.11. The minimum absolute atomic E-state index is 0.101. The zero-order valence-electron chi connectivity index (χ0n) is 8.11. The Kier molecular flexibility index (Phi) is 3.74. The molecule has 1 aromatic carbocycles. The van der Waals surface area contributed by atoms with Crippen LogP contribution in [-0.4, -0.2) is 13.1 Å². The standard InChI is InChI=1S/C10H11F2NO2/c1-15-10(14)8(13)6-2-4-7(5-3-6)9(11)12/h2-5,8-9H,13H2,1H3. The van der Waals surface area contributed by atoms with Crippen LogP contribution in [0.3, 0.4) is 0 Å². The van der Waals surface area contributed by atoms with Gasteiger partial charge >= 0.3 is 5.97 Å².